The molecule has 0 amide bonds. The number of ether oxygens (including phenoxy) is 1. The van der Waals surface area contributed by atoms with Crippen molar-refractivity contribution in [2.45, 2.75) is 44.8 Å². The highest BCUT2D eigenvalue weighted by molar-refractivity contribution is 7.19. The molecule has 1 saturated heterocycles. The van der Waals surface area contributed by atoms with Gasteiger partial charge < -0.3 is 14.8 Å². The van der Waals surface area contributed by atoms with E-state index >= 15 is 0 Å². The molecule has 0 unspecified atom stereocenters. The molecular formula is C26H29FN2O2S. The number of aryl methyl sites for hydroxylation is 1. The van der Waals surface area contributed by atoms with Crippen LogP contribution in [-0.2, 0) is 0 Å². The summed E-state index contributed by atoms with van der Waals surface area (Å²) in [6, 6.07) is 15.7. The zero-order valence-corrected chi connectivity index (χ0v) is 19.3. The number of fused-ring (bicyclic) bond motifs is 2. The van der Waals surface area contributed by atoms with E-state index in [9.17, 15) is 9.50 Å². The summed E-state index contributed by atoms with van der Waals surface area (Å²) in [5.74, 6) is 1.12. The van der Waals surface area contributed by atoms with Crippen LogP contribution in [0, 0.1) is 12.7 Å². The number of nitrogens with one attached hydrogen (secondary N) is 1. The molecule has 4 nitrogen and oxygen atoms in total. The summed E-state index contributed by atoms with van der Waals surface area (Å²) in [5, 5.41) is 12.8. The first-order valence-corrected chi connectivity index (χ1v) is 12.1. The smallest absolute Gasteiger partial charge is 0.128 e. The number of aliphatic hydroxyl groups is 1. The van der Waals surface area contributed by atoms with Crippen LogP contribution in [0.3, 0.4) is 0 Å². The Morgan fingerprint density at radius 3 is 2.97 bits per heavy atom. The van der Waals surface area contributed by atoms with Crippen LogP contribution in [0.15, 0.2) is 48.5 Å². The van der Waals surface area contributed by atoms with Crippen molar-refractivity contribution in [3.8, 4) is 5.75 Å². The van der Waals surface area contributed by atoms with Gasteiger partial charge in [0.05, 0.1) is 0 Å². The third-order valence-corrected chi connectivity index (χ3v) is 7.81. The molecular weight excluding hydrogens is 423 g/mol. The lowest BCUT2D eigenvalue weighted by Crippen LogP contribution is -2.45. The van der Waals surface area contributed by atoms with Gasteiger partial charge in [0, 0.05) is 38.8 Å². The summed E-state index contributed by atoms with van der Waals surface area (Å²) in [6.45, 7) is 6.08. The van der Waals surface area contributed by atoms with E-state index in [4.69, 9.17) is 4.74 Å². The fraction of sp³-hybridized carbons (Fsp3) is 0.385. The van der Waals surface area contributed by atoms with Crippen molar-refractivity contribution in [1.29, 1.82) is 0 Å². The average Bonchev–Trinajstić information content (AvgIpc) is 3.36. The predicted octanol–water partition coefficient (Wildman–Crippen LogP) is 5.84. The second-order valence-electron chi connectivity index (χ2n) is 9.03. The second kappa shape index (κ2) is 8.85. The first-order valence-electron chi connectivity index (χ1n) is 11.3. The Morgan fingerprint density at radius 2 is 2.12 bits per heavy atom. The molecule has 32 heavy (non-hydrogen) atoms. The summed E-state index contributed by atoms with van der Waals surface area (Å²) in [7, 11) is 0. The van der Waals surface area contributed by atoms with E-state index in [1.54, 1.807) is 17.4 Å². The number of H-pyrrole nitrogens is 1. The first-order chi connectivity index (χ1) is 15.5. The Bertz CT molecular complexity index is 1230. The van der Waals surface area contributed by atoms with Crippen LogP contribution in [0.5, 0.6) is 5.75 Å². The molecule has 168 valence electrons. The number of rotatable bonds is 6. The van der Waals surface area contributed by atoms with Gasteiger partial charge in [0.25, 0.3) is 0 Å². The normalized spacial score (nSPS) is 20.8. The van der Waals surface area contributed by atoms with Crippen LogP contribution in [0.25, 0.3) is 21.0 Å². The van der Waals surface area contributed by atoms with E-state index in [-0.39, 0.29) is 12.4 Å². The zero-order valence-electron chi connectivity index (χ0n) is 18.5. The molecule has 0 radical (unpaired) electrons. The van der Waals surface area contributed by atoms with Crippen molar-refractivity contribution in [3.05, 3.63) is 64.9 Å². The van der Waals surface area contributed by atoms with Gasteiger partial charge in [0.2, 0.25) is 0 Å². The molecule has 6 heteroatoms. The molecule has 3 heterocycles. The number of thiophene rings is 1. The molecule has 2 aromatic carbocycles. The highest BCUT2D eigenvalue weighted by atomic mass is 32.1. The number of benzene rings is 2. The van der Waals surface area contributed by atoms with E-state index < -0.39 is 6.10 Å². The summed E-state index contributed by atoms with van der Waals surface area (Å²) >= 11 is 1.71. The molecule has 2 N–H and O–H groups in total. The van der Waals surface area contributed by atoms with Gasteiger partial charge >= 0.3 is 0 Å². The molecule has 1 aliphatic rings. The maximum atomic E-state index is 13.5. The molecule has 0 bridgehead atoms. The quantitative estimate of drug-likeness (QED) is 0.386. The van der Waals surface area contributed by atoms with Crippen LogP contribution in [-0.4, -0.2) is 46.8 Å². The minimum absolute atomic E-state index is 0.173. The summed E-state index contributed by atoms with van der Waals surface area (Å²) < 4.78 is 20.5. The maximum Gasteiger partial charge on any atom is 0.128 e. The minimum atomic E-state index is -0.545. The Balaban J connectivity index is 1.17. The number of nitrogens with zero attached hydrogens (tertiary/aromatic N) is 1. The number of hydrogen-bond acceptors (Lipinski definition) is 4. The topological polar surface area (TPSA) is 48.5 Å². The predicted molar refractivity (Wildman–Crippen MR) is 129 cm³/mol. The van der Waals surface area contributed by atoms with Crippen molar-refractivity contribution in [1.82, 2.24) is 9.88 Å². The first kappa shape index (κ1) is 21.4. The molecule has 1 fully saturated rings. The van der Waals surface area contributed by atoms with Crippen molar-refractivity contribution in [3.63, 3.8) is 0 Å². The van der Waals surface area contributed by atoms with Gasteiger partial charge in [-0.3, -0.25) is 4.90 Å². The third kappa shape index (κ3) is 4.40. The maximum absolute atomic E-state index is 13.5. The van der Waals surface area contributed by atoms with Crippen LogP contribution in [0.4, 0.5) is 4.39 Å². The highest BCUT2D eigenvalue weighted by Gasteiger charge is 2.29. The number of halogens is 1. The van der Waals surface area contributed by atoms with Crippen molar-refractivity contribution in [2.75, 3.05) is 19.7 Å². The van der Waals surface area contributed by atoms with Gasteiger partial charge in [-0.15, -0.1) is 11.3 Å². The molecule has 5 rings (SSSR count). The van der Waals surface area contributed by atoms with Crippen LogP contribution < -0.4 is 4.74 Å². The lowest BCUT2D eigenvalue weighted by Gasteiger charge is -2.38. The van der Waals surface area contributed by atoms with E-state index in [1.165, 1.54) is 10.9 Å². The molecule has 2 aromatic heterocycles. The van der Waals surface area contributed by atoms with Crippen molar-refractivity contribution >= 4 is 32.3 Å². The summed E-state index contributed by atoms with van der Waals surface area (Å²) in [5.41, 5.74) is 2.14. The van der Waals surface area contributed by atoms with Gasteiger partial charge in [0.15, 0.2) is 0 Å². The lowest BCUT2D eigenvalue weighted by atomic mass is 9.90. The lowest BCUT2D eigenvalue weighted by molar-refractivity contribution is 0.0408. The van der Waals surface area contributed by atoms with Gasteiger partial charge in [0.1, 0.15) is 24.3 Å². The molecule has 1 aliphatic heterocycles. The van der Waals surface area contributed by atoms with Crippen LogP contribution in [0.1, 0.15) is 36.3 Å². The number of aromatic amines is 1. The summed E-state index contributed by atoms with van der Waals surface area (Å²) in [4.78, 5) is 7.02. The number of piperidine rings is 1. The second-order valence-corrected chi connectivity index (χ2v) is 10.1. The fourth-order valence-electron chi connectivity index (χ4n) is 4.88. The number of likely N-dealkylation sites (tertiary alicyclic amines) is 1. The molecule has 0 spiro atoms. The Labute approximate surface area is 191 Å². The zero-order chi connectivity index (χ0) is 22.2. The van der Waals surface area contributed by atoms with Gasteiger partial charge in [-0.2, -0.15) is 0 Å². The minimum Gasteiger partial charge on any atom is -0.490 e. The SMILES string of the molecule is Cc1cc2c(OC[C@@H](O)CN3CC[C@H](c4cc5ccc(F)cc5s4)C[C@@H]3C)cccc2[nH]1. The Morgan fingerprint density at radius 1 is 1.25 bits per heavy atom. The fourth-order valence-corrected chi connectivity index (χ4v) is 6.12. The van der Waals surface area contributed by atoms with Gasteiger partial charge in [-0.1, -0.05) is 12.1 Å². The third-order valence-electron chi connectivity index (χ3n) is 6.55. The molecule has 4 aromatic rings. The largest absolute Gasteiger partial charge is 0.490 e. The number of aromatic nitrogens is 1. The molecule has 3 atom stereocenters. The number of aliphatic hydroxyl groups excluding tert-OH is 1. The van der Waals surface area contributed by atoms with E-state index in [0.717, 1.165) is 51.8 Å². The van der Waals surface area contributed by atoms with Gasteiger partial charge in [-0.05, 0) is 80.9 Å². The standard InChI is InChI=1S/C26H29FN2O2S/c1-16-10-22-23(28-16)4-3-5-24(22)31-15-21(30)14-29-9-8-19(11-17(29)2)25-12-18-6-7-20(27)13-26(18)32-25/h3-7,10,12-13,17,19,21,28,30H,8-9,11,14-15H2,1-2H3/t17-,19-,21-/m0/s1. The Kier molecular flexibility index (Phi) is 5.93. The Hall–Kier alpha value is -2.41. The highest BCUT2D eigenvalue weighted by Crippen LogP contribution is 2.38. The van der Waals surface area contributed by atoms with Crippen LogP contribution >= 0.6 is 11.3 Å². The number of β-amino-alcohol motifs (C(OH)–C–C–N with tert-alkyl or cyclic N) is 1. The van der Waals surface area contributed by atoms with Crippen LogP contribution in [0.2, 0.25) is 0 Å². The summed E-state index contributed by atoms with van der Waals surface area (Å²) in [6.07, 6.45) is 1.55. The van der Waals surface area contributed by atoms with Crippen molar-refractivity contribution < 1.29 is 14.2 Å². The molecule has 0 saturated carbocycles. The number of hydrogen-bond donors (Lipinski definition) is 2. The van der Waals surface area contributed by atoms with E-state index in [0.29, 0.717) is 18.5 Å². The van der Waals surface area contributed by atoms with E-state index in [2.05, 4.69) is 28.9 Å². The molecule has 0 aliphatic carbocycles. The van der Waals surface area contributed by atoms with Crippen molar-refractivity contribution in [2.24, 2.45) is 0 Å². The van der Waals surface area contributed by atoms with E-state index in [1.807, 2.05) is 31.2 Å². The monoisotopic (exact) mass is 452 g/mol. The van der Waals surface area contributed by atoms with Gasteiger partial charge in [-0.25, -0.2) is 4.39 Å². The average molecular weight is 453 g/mol.